The Kier molecular flexibility index (Phi) is 4.86. The number of benzene rings is 2. The minimum atomic E-state index is -0.209. The SMILES string of the molecule is Cc1cccc(OCC(=O)NCc2nncn2-c2ccccc2)c1. The highest BCUT2D eigenvalue weighted by molar-refractivity contribution is 5.77. The Balaban J connectivity index is 1.55. The van der Waals surface area contributed by atoms with Crippen molar-refractivity contribution in [3.63, 3.8) is 0 Å². The summed E-state index contributed by atoms with van der Waals surface area (Å²) < 4.78 is 7.31. The summed E-state index contributed by atoms with van der Waals surface area (Å²) in [7, 11) is 0. The van der Waals surface area contributed by atoms with E-state index in [1.807, 2.05) is 66.1 Å². The number of aromatic nitrogens is 3. The maximum Gasteiger partial charge on any atom is 0.258 e. The number of nitrogens with zero attached hydrogens (tertiary/aromatic N) is 3. The summed E-state index contributed by atoms with van der Waals surface area (Å²) >= 11 is 0. The van der Waals surface area contributed by atoms with Crippen molar-refractivity contribution in [2.45, 2.75) is 13.5 Å². The number of nitrogens with one attached hydrogen (secondary N) is 1. The van der Waals surface area contributed by atoms with Gasteiger partial charge in [0.05, 0.1) is 6.54 Å². The molecule has 0 unspecified atom stereocenters. The largest absolute Gasteiger partial charge is 0.484 e. The molecule has 0 aliphatic carbocycles. The van der Waals surface area contributed by atoms with Crippen LogP contribution in [0.4, 0.5) is 0 Å². The minimum Gasteiger partial charge on any atom is -0.484 e. The van der Waals surface area contributed by atoms with Crippen molar-refractivity contribution in [2.24, 2.45) is 0 Å². The van der Waals surface area contributed by atoms with Crippen LogP contribution in [0, 0.1) is 6.92 Å². The van der Waals surface area contributed by atoms with Crippen LogP contribution >= 0.6 is 0 Å². The molecular formula is C18H18N4O2. The van der Waals surface area contributed by atoms with E-state index >= 15 is 0 Å². The number of rotatable bonds is 6. The first-order valence-electron chi connectivity index (χ1n) is 7.63. The van der Waals surface area contributed by atoms with Crippen molar-refractivity contribution in [1.82, 2.24) is 20.1 Å². The van der Waals surface area contributed by atoms with Crippen LogP contribution < -0.4 is 10.1 Å². The van der Waals surface area contributed by atoms with Crippen LogP contribution in [0.2, 0.25) is 0 Å². The highest BCUT2D eigenvalue weighted by Gasteiger charge is 2.08. The molecule has 0 radical (unpaired) electrons. The quantitative estimate of drug-likeness (QED) is 0.756. The molecule has 1 heterocycles. The van der Waals surface area contributed by atoms with Gasteiger partial charge in [-0.3, -0.25) is 9.36 Å². The molecule has 24 heavy (non-hydrogen) atoms. The third kappa shape index (κ3) is 3.98. The fourth-order valence-electron chi connectivity index (χ4n) is 2.27. The molecule has 0 spiro atoms. The van der Waals surface area contributed by atoms with Gasteiger partial charge in [0.2, 0.25) is 0 Å². The smallest absolute Gasteiger partial charge is 0.258 e. The number of ether oxygens (including phenoxy) is 1. The summed E-state index contributed by atoms with van der Waals surface area (Å²) in [5.74, 6) is 1.13. The number of carbonyl (C=O) groups is 1. The van der Waals surface area contributed by atoms with E-state index in [1.54, 1.807) is 6.33 Å². The molecule has 0 fully saturated rings. The van der Waals surface area contributed by atoms with E-state index in [1.165, 1.54) is 0 Å². The monoisotopic (exact) mass is 322 g/mol. The molecule has 0 aliphatic heterocycles. The van der Waals surface area contributed by atoms with Gasteiger partial charge in [0.25, 0.3) is 5.91 Å². The zero-order chi connectivity index (χ0) is 16.8. The predicted octanol–water partition coefficient (Wildman–Crippen LogP) is 2.27. The molecule has 0 bridgehead atoms. The van der Waals surface area contributed by atoms with Crippen LogP contribution in [-0.4, -0.2) is 27.3 Å². The topological polar surface area (TPSA) is 69.0 Å². The van der Waals surface area contributed by atoms with E-state index in [2.05, 4.69) is 15.5 Å². The standard InChI is InChI=1S/C18H18N4O2/c1-14-6-5-9-16(10-14)24-12-18(23)19-11-17-21-20-13-22(17)15-7-3-2-4-8-15/h2-10,13H,11-12H2,1H3,(H,19,23). The predicted molar refractivity (Wildman–Crippen MR) is 89.9 cm³/mol. The Morgan fingerprint density at radius 3 is 2.79 bits per heavy atom. The van der Waals surface area contributed by atoms with E-state index in [9.17, 15) is 4.79 Å². The van der Waals surface area contributed by atoms with Crippen molar-refractivity contribution >= 4 is 5.91 Å². The molecule has 0 atom stereocenters. The summed E-state index contributed by atoms with van der Waals surface area (Å²) in [6.07, 6.45) is 1.63. The highest BCUT2D eigenvalue weighted by atomic mass is 16.5. The van der Waals surface area contributed by atoms with Crippen LogP contribution in [0.25, 0.3) is 5.69 Å². The molecule has 3 rings (SSSR count). The lowest BCUT2D eigenvalue weighted by Gasteiger charge is -2.09. The third-order valence-electron chi connectivity index (χ3n) is 3.46. The fourth-order valence-corrected chi connectivity index (χ4v) is 2.27. The van der Waals surface area contributed by atoms with Gasteiger partial charge in [-0.1, -0.05) is 30.3 Å². The molecule has 6 heteroatoms. The zero-order valence-electron chi connectivity index (χ0n) is 13.3. The molecule has 0 saturated carbocycles. The summed E-state index contributed by atoms with van der Waals surface area (Å²) in [5.41, 5.74) is 2.03. The van der Waals surface area contributed by atoms with Crippen LogP contribution in [0.1, 0.15) is 11.4 Å². The van der Waals surface area contributed by atoms with E-state index in [0.29, 0.717) is 11.6 Å². The Hall–Kier alpha value is -3.15. The van der Waals surface area contributed by atoms with Gasteiger partial charge in [0.15, 0.2) is 12.4 Å². The lowest BCUT2D eigenvalue weighted by Crippen LogP contribution is -2.29. The maximum atomic E-state index is 12.0. The molecule has 0 aliphatic rings. The highest BCUT2D eigenvalue weighted by Crippen LogP contribution is 2.12. The Morgan fingerprint density at radius 2 is 2.00 bits per heavy atom. The molecule has 1 amide bonds. The molecule has 6 nitrogen and oxygen atoms in total. The second-order valence-electron chi connectivity index (χ2n) is 5.33. The van der Waals surface area contributed by atoms with Gasteiger partial charge in [-0.05, 0) is 36.8 Å². The lowest BCUT2D eigenvalue weighted by atomic mass is 10.2. The number of hydrogen-bond acceptors (Lipinski definition) is 4. The Labute approximate surface area is 140 Å². The number of para-hydroxylation sites is 1. The van der Waals surface area contributed by atoms with Crippen molar-refractivity contribution in [3.8, 4) is 11.4 Å². The zero-order valence-corrected chi connectivity index (χ0v) is 13.3. The van der Waals surface area contributed by atoms with Crippen LogP contribution in [0.3, 0.4) is 0 Å². The molecule has 122 valence electrons. The van der Waals surface area contributed by atoms with Gasteiger partial charge >= 0.3 is 0 Å². The first-order valence-corrected chi connectivity index (χ1v) is 7.63. The number of aryl methyl sites for hydroxylation is 1. The van der Waals surface area contributed by atoms with Gasteiger partial charge in [-0.25, -0.2) is 0 Å². The summed E-state index contributed by atoms with van der Waals surface area (Å²) in [6.45, 7) is 2.22. The summed E-state index contributed by atoms with van der Waals surface area (Å²) in [6, 6.07) is 17.3. The van der Waals surface area contributed by atoms with E-state index < -0.39 is 0 Å². The molecular weight excluding hydrogens is 304 g/mol. The minimum absolute atomic E-state index is 0.0388. The van der Waals surface area contributed by atoms with Gasteiger partial charge < -0.3 is 10.1 Å². The number of amides is 1. The van der Waals surface area contributed by atoms with Gasteiger partial charge in [-0.2, -0.15) is 0 Å². The first-order chi connectivity index (χ1) is 11.7. The van der Waals surface area contributed by atoms with E-state index in [4.69, 9.17) is 4.74 Å². The lowest BCUT2D eigenvalue weighted by molar-refractivity contribution is -0.123. The van der Waals surface area contributed by atoms with Gasteiger partial charge in [0.1, 0.15) is 12.1 Å². The third-order valence-corrected chi connectivity index (χ3v) is 3.46. The van der Waals surface area contributed by atoms with Crippen molar-refractivity contribution in [2.75, 3.05) is 6.61 Å². The van der Waals surface area contributed by atoms with Crippen LogP contribution in [0.15, 0.2) is 60.9 Å². The average molecular weight is 322 g/mol. The second-order valence-corrected chi connectivity index (χ2v) is 5.33. The van der Waals surface area contributed by atoms with Crippen molar-refractivity contribution < 1.29 is 9.53 Å². The van der Waals surface area contributed by atoms with Crippen molar-refractivity contribution in [1.29, 1.82) is 0 Å². The molecule has 1 aromatic heterocycles. The Morgan fingerprint density at radius 1 is 1.17 bits per heavy atom. The van der Waals surface area contributed by atoms with Gasteiger partial charge in [-0.15, -0.1) is 10.2 Å². The molecule has 2 aromatic carbocycles. The van der Waals surface area contributed by atoms with Gasteiger partial charge in [0, 0.05) is 5.69 Å². The average Bonchev–Trinajstić information content (AvgIpc) is 3.07. The molecule has 1 N–H and O–H groups in total. The Bertz CT molecular complexity index is 815. The maximum absolute atomic E-state index is 12.0. The van der Waals surface area contributed by atoms with Crippen molar-refractivity contribution in [3.05, 3.63) is 72.3 Å². The first kappa shape index (κ1) is 15.7. The summed E-state index contributed by atoms with van der Waals surface area (Å²) in [5, 5.41) is 10.8. The van der Waals surface area contributed by atoms with Crippen LogP contribution in [-0.2, 0) is 11.3 Å². The fraction of sp³-hybridized carbons (Fsp3) is 0.167. The molecule has 0 saturated heterocycles. The van der Waals surface area contributed by atoms with Crippen LogP contribution in [0.5, 0.6) is 5.75 Å². The molecule has 3 aromatic rings. The van der Waals surface area contributed by atoms with E-state index in [0.717, 1.165) is 11.3 Å². The number of carbonyl (C=O) groups excluding carboxylic acids is 1. The normalized spacial score (nSPS) is 10.4. The van der Waals surface area contributed by atoms with E-state index in [-0.39, 0.29) is 19.1 Å². The number of hydrogen-bond donors (Lipinski definition) is 1. The second kappa shape index (κ2) is 7.41. The summed E-state index contributed by atoms with van der Waals surface area (Å²) in [4.78, 5) is 12.0.